The molecule has 5 heteroatoms. The normalized spacial score (nSPS) is 12.1. The Balaban J connectivity index is 3.27. The monoisotopic (exact) mass is 271 g/mol. The molecule has 0 atom stereocenters. The largest absolute Gasteiger partial charge is 0.392 e. The number of hydrogen-bond acceptors (Lipinski definition) is 3. The lowest BCUT2D eigenvalue weighted by Crippen LogP contribution is -2.32. The number of nitrogens with zero attached hydrogens (tertiary/aromatic N) is 1. The fourth-order valence-electron chi connectivity index (χ4n) is 1.95. The second-order valence-electron chi connectivity index (χ2n) is 4.20. The van der Waals surface area contributed by atoms with Crippen LogP contribution in [0.1, 0.15) is 31.4 Å². The van der Waals surface area contributed by atoms with Crippen LogP contribution < -0.4 is 0 Å². The Morgan fingerprint density at radius 2 is 1.94 bits per heavy atom. The number of benzene rings is 1. The van der Waals surface area contributed by atoms with E-state index in [1.165, 1.54) is 4.31 Å². The first-order valence-corrected chi connectivity index (χ1v) is 7.62. The molecule has 0 aliphatic carbocycles. The van der Waals surface area contributed by atoms with Gasteiger partial charge in [0.15, 0.2) is 0 Å². The maximum Gasteiger partial charge on any atom is 0.243 e. The van der Waals surface area contributed by atoms with Gasteiger partial charge in [-0.05, 0) is 30.5 Å². The van der Waals surface area contributed by atoms with Crippen LogP contribution >= 0.6 is 0 Å². The van der Waals surface area contributed by atoms with Gasteiger partial charge < -0.3 is 5.11 Å². The van der Waals surface area contributed by atoms with Crippen LogP contribution in [0.25, 0.3) is 0 Å². The Bertz CT molecular complexity index is 497. The molecule has 0 fully saturated rings. The topological polar surface area (TPSA) is 57.6 Å². The van der Waals surface area contributed by atoms with E-state index in [0.29, 0.717) is 29.1 Å². The van der Waals surface area contributed by atoms with Crippen molar-refractivity contribution in [2.24, 2.45) is 0 Å². The van der Waals surface area contributed by atoms with Crippen molar-refractivity contribution in [2.45, 2.75) is 38.7 Å². The standard InChI is InChI=1S/C13H21NO3S/c1-4-9-14(5-2)18(16,17)13-8-6-7-12(10-15)11(13)3/h6-8,15H,4-5,9-10H2,1-3H3. The minimum absolute atomic E-state index is 0.144. The Morgan fingerprint density at radius 3 is 2.44 bits per heavy atom. The molecule has 1 rings (SSSR count). The Labute approximate surface area is 109 Å². The van der Waals surface area contributed by atoms with Crippen LogP contribution in [0.15, 0.2) is 23.1 Å². The molecule has 1 aromatic rings. The average Bonchev–Trinajstić information content (AvgIpc) is 2.35. The first kappa shape index (κ1) is 15.1. The zero-order valence-corrected chi connectivity index (χ0v) is 12.0. The third-order valence-corrected chi connectivity index (χ3v) is 5.13. The van der Waals surface area contributed by atoms with Crippen molar-refractivity contribution in [3.63, 3.8) is 0 Å². The third kappa shape index (κ3) is 2.91. The van der Waals surface area contributed by atoms with Crippen LogP contribution in [0.2, 0.25) is 0 Å². The van der Waals surface area contributed by atoms with Crippen LogP contribution in [0.5, 0.6) is 0 Å². The summed E-state index contributed by atoms with van der Waals surface area (Å²) >= 11 is 0. The fraction of sp³-hybridized carbons (Fsp3) is 0.538. The molecule has 4 nitrogen and oxygen atoms in total. The molecule has 0 amide bonds. The van der Waals surface area contributed by atoms with Gasteiger partial charge in [0.1, 0.15) is 0 Å². The van der Waals surface area contributed by atoms with Crippen LogP contribution in [-0.4, -0.2) is 30.9 Å². The molecular formula is C13H21NO3S. The van der Waals surface area contributed by atoms with Gasteiger partial charge in [0.2, 0.25) is 10.0 Å². The van der Waals surface area contributed by atoms with Crippen molar-refractivity contribution in [3.05, 3.63) is 29.3 Å². The van der Waals surface area contributed by atoms with Crippen molar-refractivity contribution in [3.8, 4) is 0 Å². The highest BCUT2D eigenvalue weighted by molar-refractivity contribution is 7.89. The molecule has 0 radical (unpaired) electrons. The van der Waals surface area contributed by atoms with Gasteiger partial charge in [0.05, 0.1) is 11.5 Å². The van der Waals surface area contributed by atoms with Gasteiger partial charge in [-0.3, -0.25) is 0 Å². The minimum atomic E-state index is -3.45. The van der Waals surface area contributed by atoms with Gasteiger partial charge in [-0.2, -0.15) is 4.31 Å². The predicted molar refractivity (Wildman–Crippen MR) is 71.8 cm³/mol. The second kappa shape index (κ2) is 6.31. The molecule has 0 aromatic heterocycles. The zero-order valence-electron chi connectivity index (χ0n) is 11.2. The highest BCUT2D eigenvalue weighted by atomic mass is 32.2. The summed E-state index contributed by atoms with van der Waals surface area (Å²) in [6.45, 7) is 6.35. The highest BCUT2D eigenvalue weighted by Gasteiger charge is 2.24. The molecule has 102 valence electrons. The first-order chi connectivity index (χ1) is 8.48. The Kier molecular flexibility index (Phi) is 5.31. The van der Waals surface area contributed by atoms with Gasteiger partial charge >= 0.3 is 0 Å². The zero-order chi connectivity index (χ0) is 13.8. The van der Waals surface area contributed by atoms with E-state index in [4.69, 9.17) is 0 Å². The van der Waals surface area contributed by atoms with E-state index >= 15 is 0 Å². The summed E-state index contributed by atoms with van der Waals surface area (Å²) in [6, 6.07) is 5.01. The van der Waals surface area contributed by atoms with Gasteiger partial charge in [-0.1, -0.05) is 26.0 Å². The molecular weight excluding hydrogens is 250 g/mol. The van der Waals surface area contributed by atoms with Gasteiger partial charge in [0.25, 0.3) is 0 Å². The molecule has 0 bridgehead atoms. The SMILES string of the molecule is CCCN(CC)S(=O)(=O)c1cccc(CO)c1C. The molecule has 0 saturated carbocycles. The maximum absolute atomic E-state index is 12.5. The molecule has 1 aromatic carbocycles. The fourth-order valence-corrected chi connectivity index (χ4v) is 3.76. The van der Waals surface area contributed by atoms with Crippen LogP contribution in [-0.2, 0) is 16.6 Å². The van der Waals surface area contributed by atoms with Crippen LogP contribution in [0, 0.1) is 6.92 Å². The smallest absolute Gasteiger partial charge is 0.243 e. The third-order valence-electron chi connectivity index (χ3n) is 3.01. The van der Waals surface area contributed by atoms with Gasteiger partial charge in [-0.25, -0.2) is 8.42 Å². The van der Waals surface area contributed by atoms with Gasteiger partial charge in [0, 0.05) is 13.1 Å². The molecule has 0 heterocycles. The van der Waals surface area contributed by atoms with E-state index < -0.39 is 10.0 Å². The maximum atomic E-state index is 12.5. The summed E-state index contributed by atoms with van der Waals surface area (Å²) in [6.07, 6.45) is 0.784. The van der Waals surface area contributed by atoms with E-state index in [9.17, 15) is 13.5 Å². The minimum Gasteiger partial charge on any atom is -0.392 e. The van der Waals surface area contributed by atoms with Crippen molar-refractivity contribution in [1.29, 1.82) is 0 Å². The van der Waals surface area contributed by atoms with Crippen molar-refractivity contribution in [2.75, 3.05) is 13.1 Å². The molecule has 1 N–H and O–H groups in total. The van der Waals surface area contributed by atoms with E-state index in [0.717, 1.165) is 6.42 Å². The number of aliphatic hydroxyl groups is 1. The molecule has 0 unspecified atom stereocenters. The van der Waals surface area contributed by atoms with Crippen molar-refractivity contribution >= 4 is 10.0 Å². The Hall–Kier alpha value is -0.910. The number of aliphatic hydroxyl groups excluding tert-OH is 1. The summed E-state index contributed by atoms with van der Waals surface area (Å²) in [5.41, 5.74) is 1.29. The Morgan fingerprint density at radius 1 is 1.28 bits per heavy atom. The quantitative estimate of drug-likeness (QED) is 0.860. The summed E-state index contributed by atoms with van der Waals surface area (Å²) in [4.78, 5) is 0.296. The molecule has 0 aliphatic rings. The van der Waals surface area contributed by atoms with E-state index in [1.807, 2.05) is 13.8 Å². The lowest BCUT2D eigenvalue weighted by Gasteiger charge is -2.21. The summed E-state index contributed by atoms with van der Waals surface area (Å²) < 4.78 is 26.4. The van der Waals surface area contributed by atoms with Crippen molar-refractivity contribution in [1.82, 2.24) is 4.31 Å². The molecule has 0 saturated heterocycles. The molecule has 0 spiro atoms. The van der Waals surface area contributed by atoms with Crippen LogP contribution in [0.4, 0.5) is 0 Å². The molecule has 0 aliphatic heterocycles. The van der Waals surface area contributed by atoms with E-state index in [2.05, 4.69) is 0 Å². The summed E-state index contributed by atoms with van der Waals surface area (Å²) in [5.74, 6) is 0. The molecule has 18 heavy (non-hydrogen) atoms. The van der Waals surface area contributed by atoms with E-state index in [-0.39, 0.29) is 6.61 Å². The summed E-state index contributed by atoms with van der Waals surface area (Å²) in [7, 11) is -3.45. The average molecular weight is 271 g/mol. The summed E-state index contributed by atoms with van der Waals surface area (Å²) in [5, 5.41) is 9.20. The highest BCUT2D eigenvalue weighted by Crippen LogP contribution is 2.22. The second-order valence-corrected chi connectivity index (χ2v) is 6.10. The van der Waals surface area contributed by atoms with Crippen molar-refractivity contribution < 1.29 is 13.5 Å². The lowest BCUT2D eigenvalue weighted by molar-refractivity contribution is 0.280. The van der Waals surface area contributed by atoms with E-state index in [1.54, 1.807) is 25.1 Å². The number of hydrogen-bond donors (Lipinski definition) is 1. The van der Waals surface area contributed by atoms with Gasteiger partial charge in [-0.15, -0.1) is 0 Å². The first-order valence-electron chi connectivity index (χ1n) is 6.18. The predicted octanol–water partition coefficient (Wildman–Crippen LogP) is 1.91. The number of rotatable bonds is 6. The number of sulfonamides is 1. The lowest BCUT2D eigenvalue weighted by atomic mass is 10.1. The van der Waals surface area contributed by atoms with Crippen LogP contribution in [0.3, 0.4) is 0 Å².